The second-order valence-electron chi connectivity index (χ2n) is 3.70. The zero-order chi connectivity index (χ0) is 12.5. The smallest absolute Gasteiger partial charge is 0.382 e. The molecule has 0 radical (unpaired) electrons. The molecule has 1 fully saturated rings. The van der Waals surface area contributed by atoms with Crippen molar-refractivity contribution in [1.82, 2.24) is 4.72 Å². The lowest BCUT2D eigenvalue weighted by Gasteiger charge is -2.21. The zero-order valence-electron chi connectivity index (χ0n) is 8.74. The van der Waals surface area contributed by atoms with Gasteiger partial charge in [0, 0.05) is 6.04 Å². The Morgan fingerprint density at radius 3 is 2.41 bits per heavy atom. The molecule has 0 aliphatic heterocycles. The average Bonchev–Trinajstić information content (AvgIpc) is 3.00. The maximum absolute atomic E-state index is 11.4. The molecular formula is C9H11N2O5S-. The summed E-state index contributed by atoms with van der Waals surface area (Å²) < 4.78 is 29.9. The van der Waals surface area contributed by atoms with Crippen LogP contribution < -0.4 is 14.1 Å². The van der Waals surface area contributed by atoms with Crippen LogP contribution in [0.5, 0.6) is 5.75 Å². The number of hydrogen-bond acceptors (Lipinski definition) is 6. The molecule has 0 atom stereocenters. The molecular weight excluding hydrogens is 248 g/mol. The number of anilines is 1. The maximum Gasteiger partial charge on any atom is 0.382 e. The normalized spacial score (nSPS) is 15.6. The molecule has 0 saturated heterocycles. The summed E-state index contributed by atoms with van der Waals surface area (Å²) in [5, 5.41) is 18.8. The fourth-order valence-electron chi connectivity index (χ4n) is 1.19. The molecule has 1 aliphatic carbocycles. The van der Waals surface area contributed by atoms with Gasteiger partial charge in [-0.15, -0.1) is 0 Å². The third-order valence-corrected chi connectivity index (χ3v) is 3.19. The first-order chi connectivity index (χ1) is 7.96. The summed E-state index contributed by atoms with van der Waals surface area (Å²) in [7, 11) is -3.81. The van der Waals surface area contributed by atoms with Crippen LogP contribution in [0.4, 0.5) is 5.69 Å². The minimum absolute atomic E-state index is 0.00935. The van der Waals surface area contributed by atoms with Crippen LogP contribution in [0, 0.1) is 5.21 Å². The quantitative estimate of drug-likeness (QED) is 0.757. The molecule has 1 aromatic rings. The number of nitrogens with zero attached hydrogens (tertiary/aromatic N) is 1. The molecule has 94 valence electrons. The summed E-state index contributed by atoms with van der Waals surface area (Å²) in [4.78, 5) is 0. The molecule has 2 N–H and O–H groups in total. The predicted octanol–water partition coefficient (Wildman–Crippen LogP) is 0.756. The first-order valence-corrected chi connectivity index (χ1v) is 6.35. The Hall–Kier alpha value is -1.35. The molecule has 1 saturated carbocycles. The highest BCUT2D eigenvalue weighted by Crippen LogP contribution is 2.22. The Bertz CT molecular complexity index is 481. The molecule has 0 aromatic heterocycles. The Morgan fingerprint density at radius 2 is 1.94 bits per heavy atom. The molecule has 1 aliphatic rings. The summed E-state index contributed by atoms with van der Waals surface area (Å²) in [5.41, 5.74) is -0.00935. The number of rotatable bonds is 5. The van der Waals surface area contributed by atoms with E-state index in [2.05, 4.69) is 4.72 Å². The number of hydrogen-bond donors (Lipinski definition) is 2. The van der Waals surface area contributed by atoms with Gasteiger partial charge in [-0.25, -0.2) is 0 Å². The molecule has 0 amide bonds. The molecule has 8 heteroatoms. The van der Waals surface area contributed by atoms with Crippen molar-refractivity contribution in [2.75, 3.05) is 5.23 Å². The van der Waals surface area contributed by atoms with Crippen molar-refractivity contribution < 1.29 is 17.8 Å². The molecule has 1 aromatic carbocycles. The van der Waals surface area contributed by atoms with Crippen LogP contribution in [0.1, 0.15) is 12.8 Å². The molecule has 17 heavy (non-hydrogen) atoms. The second kappa shape index (κ2) is 4.49. The second-order valence-corrected chi connectivity index (χ2v) is 5.01. The molecule has 7 nitrogen and oxygen atoms in total. The lowest BCUT2D eigenvalue weighted by atomic mass is 10.3. The van der Waals surface area contributed by atoms with Crippen molar-refractivity contribution in [3.8, 4) is 5.75 Å². The van der Waals surface area contributed by atoms with Gasteiger partial charge in [-0.2, -0.15) is 13.1 Å². The Balaban J connectivity index is 2.02. The molecule has 0 unspecified atom stereocenters. The van der Waals surface area contributed by atoms with Gasteiger partial charge in [0.05, 0.1) is 5.69 Å². The van der Waals surface area contributed by atoms with Gasteiger partial charge in [-0.05, 0) is 37.1 Å². The Morgan fingerprint density at radius 1 is 1.35 bits per heavy atom. The van der Waals surface area contributed by atoms with Crippen LogP contribution in [-0.2, 0) is 10.3 Å². The summed E-state index contributed by atoms with van der Waals surface area (Å²) >= 11 is 0. The van der Waals surface area contributed by atoms with Crippen LogP contribution in [0.2, 0.25) is 0 Å². The Labute approximate surface area is 98.4 Å². The largest absolute Gasteiger partial charge is 0.733 e. The van der Waals surface area contributed by atoms with Crippen LogP contribution in [0.3, 0.4) is 0 Å². The molecule has 0 spiro atoms. The Kier molecular flexibility index (Phi) is 3.20. The standard InChI is InChI=1S/C9H11N2O5S/c12-11(13)8-3-5-9(6-4-8)16-17(14,15)10-7-1-2-7/h3-7,10,12H,1-2H2/q-1. The van der Waals surface area contributed by atoms with Crippen molar-refractivity contribution in [3.05, 3.63) is 29.5 Å². The highest BCUT2D eigenvalue weighted by molar-refractivity contribution is 7.85. The minimum atomic E-state index is -3.81. The third-order valence-electron chi connectivity index (χ3n) is 2.15. The average molecular weight is 259 g/mol. The van der Waals surface area contributed by atoms with Crippen molar-refractivity contribution >= 4 is 16.0 Å². The van der Waals surface area contributed by atoms with Crippen LogP contribution in [0.25, 0.3) is 0 Å². The summed E-state index contributed by atoms with van der Waals surface area (Å²) in [6.45, 7) is 0. The fraction of sp³-hybridized carbons (Fsp3) is 0.333. The van der Waals surface area contributed by atoms with Gasteiger partial charge in [-0.3, -0.25) is 5.21 Å². The number of benzene rings is 1. The zero-order valence-corrected chi connectivity index (χ0v) is 9.55. The predicted molar refractivity (Wildman–Crippen MR) is 59.8 cm³/mol. The lowest BCUT2D eigenvalue weighted by molar-refractivity contribution is 0.296. The van der Waals surface area contributed by atoms with Gasteiger partial charge >= 0.3 is 10.3 Å². The summed E-state index contributed by atoms with van der Waals surface area (Å²) in [6.07, 6.45) is 1.63. The topological polar surface area (TPSA) is 102 Å². The van der Waals surface area contributed by atoms with E-state index in [9.17, 15) is 13.6 Å². The van der Waals surface area contributed by atoms with Gasteiger partial charge in [0.25, 0.3) is 0 Å². The van der Waals surface area contributed by atoms with E-state index in [1.165, 1.54) is 24.3 Å². The monoisotopic (exact) mass is 259 g/mol. The molecule has 0 heterocycles. The van der Waals surface area contributed by atoms with E-state index in [1.807, 2.05) is 0 Å². The van der Waals surface area contributed by atoms with E-state index >= 15 is 0 Å². The van der Waals surface area contributed by atoms with E-state index in [1.54, 1.807) is 0 Å². The third kappa shape index (κ3) is 3.56. The van der Waals surface area contributed by atoms with Crippen molar-refractivity contribution in [2.45, 2.75) is 18.9 Å². The number of nitrogens with one attached hydrogen (secondary N) is 1. The van der Waals surface area contributed by atoms with E-state index in [0.29, 0.717) is 0 Å². The van der Waals surface area contributed by atoms with Crippen molar-refractivity contribution in [1.29, 1.82) is 0 Å². The van der Waals surface area contributed by atoms with Crippen LogP contribution in [0.15, 0.2) is 24.3 Å². The highest BCUT2D eigenvalue weighted by Gasteiger charge is 2.28. The van der Waals surface area contributed by atoms with E-state index < -0.39 is 10.3 Å². The van der Waals surface area contributed by atoms with Crippen LogP contribution in [-0.4, -0.2) is 19.7 Å². The maximum atomic E-state index is 11.4. The minimum Gasteiger partial charge on any atom is -0.733 e. The highest BCUT2D eigenvalue weighted by atomic mass is 32.2. The summed E-state index contributed by atoms with van der Waals surface area (Å²) in [5.74, 6) is 0.0729. The fourth-order valence-corrected chi connectivity index (χ4v) is 2.24. The SMILES string of the molecule is O=S(=O)(NC1CC1)Oc1ccc(N([O-])O)cc1. The van der Waals surface area contributed by atoms with Gasteiger partial charge < -0.3 is 14.6 Å². The van der Waals surface area contributed by atoms with Gasteiger partial charge in [-0.1, -0.05) is 0 Å². The van der Waals surface area contributed by atoms with E-state index in [0.717, 1.165) is 12.8 Å². The van der Waals surface area contributed by atoms with E-state index in [4.69, 9.17) is 9.39 Å². The van der Waals surface area contributed by atoms with Gasteiger partial charge in [0.1, 0.15) is 5.75 Å². The first-order valence-electron chi connectivity index (χ1n) is 4.94. The van der Waals surface area contributed by atoms with Crippen molar-refractivity contribution in [3.63, 3.8) is 0 Å². The molecule has 2 rings (SSSR count). The summed E-state index contributed by atoms with van der Waals surface area (Å²) in [6, 6.07) is 5.02. The lowest BCUT2D eigenvalue weighted by Crippen LogP contribution is -2.30. The van der Waals surface area contributed by atoms with Crippen LogP contribution >= 0.6 is 0 Å². The van der Waals surface area contributed by atoms with E-state index in [-0.39, 0.29) is 22.7 Å². The molecule has 0 bridgehead atoms. The van der Waals surface area contributed by atoms with Crippen molar-refractivity contribution in [2.24, 2.45) is 0 Å². The van der Waals surface area contributed by atoms with Gasteiger partial charge in [0.2, 0.25) is 0 Å². The first kappa shape index (κ1) is 12.1. The van der Waals surface area contributed by atoms with Gasteiger partial charge in [0.15, 0.2) is 0 Å².